The fraction of sp³-hybridized carbons (Fsp3) is 0. The van der Waals surface area contributed by atoms with Gasteiger partial charge in [-0.3, -0.25) is 0 Å². The van der Waals surface area contributed by atoms with Crippen LogP contribution >= 0.6 is 44.1 Å². The van der Waals surface area contributed by atoms with Crippen LogP contribution in [0.15, 0.2) is 57.5 Å². The van der Waals surface area contributed by atoms with Crippen LogP contribution in [-0.2, 0) is 0 Å². The van der Waals surface area contributed by atoms with E-state index in [1.807, 2.05) is 48.5 Å². The van der Waals surface area contributed by atoms with E-state index in [1.165, 1.54) is 0 Å². The maximum absolute atomic E-state index is 5.44. The first-order valence-corrected chi connectivity index (χ1v) is 6.72. The lowest BCUT2D eigenvalue weighted by molar-refractivity contribution is 1.58. The Kier molecular flexibility index (Phi) is 3.90. The van der Waals surface area contributed by atoms with Crippen LogP contribution in [0, 0.1) is 0 Å². The van der Waals surface area contributed by atoms with Crippen LogP contribution in [0.2, 0.25) is 0 Å². The largest absolute Gasteiger partial charge is 0.0788 e. The summed E-state index contributed by atoms with van der Waals surface area (Å²) in [5.41, 5.74) is 2.14. The molecule has 16 heavy (non-hydrogen) atoms. The number of halogens is 2. The Morgan fingerprint density at radius 2 is 1.00 bits per heavy atom. The van der Waals surface area contributed by atoms with Gasteiger partial charge in [0.1, 0.15) is 0 Å². The van der Waals surface area contributed by atoms with E-state index < -0.39 is 0 Å². The minimum atomic E-state index is 0.875. The molecule has 80 valence electrons. The van der Waals surface area contributed by atoms with Gasteiger partial charge in [0.05, 0.1) is 4.86 Å². The van der Waals surface area contributed by atoms with Gasteiger partial charge in [-0.05, 0) is 35.4 Å². The molecule has 2 aromatic carbocycles. The molecule has 0 unspecified atom stereocenters. The highest BCUT2D eigenvalue weighted by molar-refractivity contribution is 9.10. The molecule has 0 atom stereocenters. The summed E-state index contributed by atoms with van der Waals surface area (Å²) in [6, 6.07) is 16.1. The highest BCUT2D eigenvalue weighted by Crippen LogP contribution is 2.17. The first-order valence-electron chi connectivity index (χ1n) is 4.72. The Bertz CT molecular complexity index is 453. The summed E-state index contributed by atoms with van der Waals surface area (Å²) in [5, 5.41) is 0. The fourth-order valence-electron chi connectivity index (χ4n) is 1.37. The molecule has 0 heterocycles. The molecular weight excluding hydrogens is 348 g/mol. The van der Waals surface area contributed by atoms with E-state index in [1.54, 1.807) is 0 Å². The number of thiocarbonyl (C=S) groups is 1. The van der Waals surface area contributed by atoms with Crippen molar-refractivity contribution in [3.05, 3.63) is 68.6 Å². The Morgan fingerprint density at radius 3 is 1.31 bits per heavy atom. The van der Waals surface area contributed by atoms with Crippen LogP contribution in [0.3, 0.4) is 0 Å². The van der Waals surface area contributed by atoms with Crippen molar-refractivity contribution in [3.63, 3.8) is 0 Å². The molecule has 0 radical (unpaired) electrons. The monoisotopic (exact) mass is 354 g/mol. The summed E-state index contributed by atoms with van der Waals surface area (Å²) in [6.45, 7) is 0. The maximum Gasteiger partial charge on any atom is 0.0521 e. The molecule has 0 fully saturated rings. The molecule has 2 aromatic rings. The number of hydrogen-bond acceptors (Lipinski definition) is 1. The minimum Gasteiger partial charge on any atom is -0.0788 e. The van der Waals surface area contributed by atoms with Gasteiger partial charge >= 0.3 is 0 Å². The molecule has 3 heteroatoms. The zero-order valence-corrected chi connectivity index (χ0v) is 12.3. The molecule has 0 bridgehead atoms. The normalized spacial score (nSPS) is 10.1. The Balaban J connectivity index is 2.32. The number of hydrogen-bond donors (Lipinski definition) is 0. The lowest BCUT2D eigenvalue weighted by Gasteiger charge is -2.04. The second-order valence-electron chi connectivity index (χ2n) is 3.34. The van der Waals surface area contributed by atoms with E-state index in [2.05, 4.69) is 31.9 Å². The van der Waals surface area contributed by atoms with E-state index in [0.717, 1.165) is 24.9 Å². The Morgan fingerprint density at radius 1 is 0.688 bits per heavy atom. The third kappa shape index (κ3) is 2.78. The van der Waals surface area contributed by atoms with Gasteiger partial charge in [0.25, 0.3) is 0 Å². The van der Waals surface area contributed by atoms with Gasteiger partial charge in [-0.1, -0.05) is 68.3 Å². The molecule has 2 rings (SSSR count). The zero-order valence-electron chi connectivity index (χ0n) is 8.28. The van der Waals surface area contributed by atoms with Crippen molar-refractivity contribution in [1.82, 2.24) is 0 Å². The number of rotatable bonds is 2. The quantitative estimate of drug-likeness (QED) is 0.540. The molecule has 0 aliphatic carbocycles. The van der Waals surface area contributed by atoms with Crippen LogP contribution in [0.5, 0.6) is 0 Å². The molecule has 0 aliphatic heterocycles. The molecular formula is C13H8Br2S. The van der Waals surface area contributed by atoms with Crippen molar-refractivity contribution in [2.45, 2.75) is 0 Å². The van der Waals surface area contributed by atoms with Crippen LogP contribution in [-0.4, -0.2) is 4.86 Å². The van der Waals surface area contributed by atoms with Gasteiger partial charge < -0.3 is 0 Å². The molecule has 0 saturated carbocycles. The van der Waals surface area contributed by atoms with Gasteiger partial charge in [-0.15, -0.1) is 0 Å². The summed E-state index contributed by atoms with van der Waals surface area (Å²) in [6.07, 6.45) is 0. The first kappa shape index (κ1) is 12.0. The lowest BCUT2D eigenvalue weighted by atomic mass is 10.1. The van der Waals surface area contributed by atoms with E-state index in [4.69, 9.17) is 12.2 Å². The highest BCUT2D eigenvalue weighted by atomic mass is 79.9. The van der Waals surface area contributed by atoms with Crippen LogP contribution in [0.1, 0.15) is 11.1 Å². The van der Waals surface area contributed by atoms with Crippen molar-refractivity contribution in [1.29, 1.82) is 0 Å². The van der Waals surface area contributed by atoms with Gasteiger partial charge in [0, 0.05) is 8.95 Å². The fourth-order valence-corrected chi connectivity index (χ4v) is 2.17. The summed E-state index contributed by atoms with van der Waals surface area (Å²) in [7, 11) is 0. The molecule has 0 N–H and O–H groups in total. The molecule has 0 aliphatic rings. The van der Waals surface area contributed by atoms with Crippen molar-refractivity contribution in [2.75, 3.05) is 0 Å². The second-order valence-corrected chi connectivity index (χ2v) is 5.58. The van der Waals surface area contributed by atoms with Gasteiger partial charge in [0.15, 0.2) is 0 Å². The zero-order chi connectivity index (χ0) is 11.5. The van der Waals surface area contributed by atoms with E-state index in [9.17, 15) is 0 Å². The van der Waals surface area contributed by atoms with Crippen LogP contribution in [0.4, 0.5) is 0 Å². The standard InChI is InChI=1S/C13H8Br2S/c14-11-5-1-9(2-6-11)13(16)10-3-7-12(15)8-4-10/h1-8H. The van der Waals surface area contributed by atoms with Crippen LogP contribution < -0.4 is 0 Å². The first-order chi connectivity index (χ1) is 7.66. The molecule has 0 amide bonds. The predicted octanol–water partition coefficient (Wildman–Crippen LogP) is 4.98. The molecule has 0 saturated heterocycles. The number of benzene rings is 2. The highest BCUT2D eigenvalue weighted by Gasteiger charge is 2.03. The summed E-state index contributed by atoms with van der Waals surface area (Å²) >= 11 is 12.3. The van der Waals surface area contributed by atoms with Gasteiger partial charge in [-0.25, -0.2) is 0 Å². The Labute approximate surface area is 117 Å². The summed E-state index contributed by atoms with van der Waals surface area (Å²) in [5.74, 6) is 0. The van der Waals surface area contributed by atoms with Crippen molar-refractivity contribution in [3.8, 4) is 0 Å². The average molecular weight is 356 g/mol. The molecule has 0 spiro atoms. The molecule has 0 nitrogen and oxygen atoms in total. The van der Waals surface area contributed by atoms with Crippen molar-refractivity contribution in [2.24, 2.45) is 0 Å². The van der Waals surface area contributed by atoms with E-state index in [-0.39, 0.29) is 0 Å². The van der Waals surface area contributed by atoms with Crippen molar-refractivity contribution >= 4 is 48.9 Å². The molecule has 0 aromatic heterocycles. The van der Waals surface area contributed by atoms with Gasteiger partial charge in [-0.2, -0.15) is 0 Å². The smallest absolute Gasteiger partial charge is 0.0521 e. The predicted molar refractivity (Wildman–Crippen MR) is 79.1 cm³/mol. The summed E-state index contributed by atoms with van der Waals surface area (Å²) < 4.78 is 2.13. The lowest BCUT2D eigenvalue weighted by Crippen LogP contribution is -1.98. The van der Waals surface area contributed by atoms with Crippen molar-refractivity contribution < 1.29 is 0 Å². The third-order valence-electron chi connectivity index (χ3n) is 2.21. The minimum absolute atomic E-state index is 0.875. The second kappa shape index (κ2) is 5.21. The van der Waals surface area contributed by atoms with Gasteiger partial charge in [0.2, 0.25) is 0 Å². The average Bonchev–Trinajstić information content (AvgIpc) is 2.30. The Hall–Kier alpha value is -0.510. The topological polar surface area (TPSA) is 0 Å². The SMILES string of the molecule is S=C(c1ccc(Br)cc1)c1ccc(Br)cc1. The summed E-state index contributed by atoms with van der Waals surface area (Å²) in [4.78, 5) is 0.875. The van der Waals surface area contributed by atoms with Crippen LogP contribution in [0.25, 0.3) is 0 Å². The van der Waals surface area contributed by atoms with E-state index in [0.29, 0.717) is 0 Å². The van der Waals surface area contributed by atoms with E-state index >= 15 is 0 Å². The third-order valence-corrected chi connectivity index (χ3v) is 3.74. The maximum atomic E-state index is 5.44.